The van der Waals surface area contributed by atoms with E-state index < -0.39 is 47.8 Å². The Hall–Kier alpha value is -4.81. The number of benzene rings is 2. The van der Waals surface area contributed by atoms with Gasteiger partial charge in [-0.2, -0.15) is 0 Å². The van der Waals surface area contributed by atoms with Crippen molar-refractivity contribution in [2.24, 2.45) is 17.4 Å². The number of aromatic nitrogens is 1. The van der Waals surface area contributed by atoms with Gasteiger partial charge in [-0.05, 0) is 67.3 Å². The Kier molecular flexibility index (Phi) is 15.5. The minimum atomic E-state index is -1.01. The minimum Gasteiger partial charge on any atom is -0.350 e. The van der Waals surface area contributed by atoms with Crippen molar-refractivity contribution in [2.45, 2.75) is 83.1 Å². The fraction of sp³-hybridized carbons (Fsp3) is 0.417. The molecule has 0 spiro atoms. The van der Waals surface area contributed by atoms with Gasteiger partial charge in [0, 0.05) is 25.2 Å². The van der Waals surface area contributed by atoms with Crippen LogP contribution in [-0.2, 0) is 38.6 Å². The monoisotopic (exact) mass is 659 g/mol. The average molecular weight is 660 g/mol. The van der Waals surface area contributed by atoms with Gasteiger partial charge < -0.3 is 37.7 Å². The molecule has 258 valence electrons. The van der Waals surface area contributed by atoms with Gasteiger partial charge in [0.25, 0.3) is 0 Å². The maximum Gasteiger partial charge on any atom is 0.248 e. The normalized spacial score (nSPS) is 13.5. The van der Waals surface area contributed by atoms with Gasteiger partial charge in [-0.1, -0.05) is 74.5 Å². The second-order valence-electron chi connectivity index (χ2n) is 12.4. The van der Waals surface area contributed by atoms with E-state index >= 15 is 0 Å². The molecule has 0 bridgehead atoms. The summed E-state index contributed by atoms with van der Waals surface area (Å²) in [5.74, 6) is -1.96. The number of aromatic amines is 1. The highest BCUT2D eigenvalue weighted by Crippen LogP contribution is 2.11. The minimum absolute atomic E-state index is 0.0169. The smallest absolute Gasteiger partial charge is 0.248 e. The predicted molar refractivity (Wildman–Crippen MR) is 185 cm³/mol. The molecule has 0 aliphatic carbocycles. The molecule has 4 amide bonds. The maximum absolute atomic E-state index is 13.8. The molecule has 0 saturated carbocycles. The van der Waals surface area contributed by atoms with Gasteiger partial charge in [0.2, 0.25) is 29.2 Å². The van der Waals surface area contributed by atoms with Crippen LogP contribution in [-0.4, -0.2) is 59.3 Å². The van der Waals surface area contributed by atoms with Gasteiger partial charge in [-0.3, -0.25) is 24.0 Å². The fourth-order valence-electron chi connectivity index (χ4n) is 5.22. The van der Waals surface area contributed by atoms with E-state index in [1.807, 2.05) is 74.5 Å². The Morgan fingerprint density at radius 3 is 1.90 bits per heavy atom. The van der Waals surface area contributed by atoms with Crippen LogP contribution in [0.2, 0.25) is 0 Å². The van der Waals surface area contributed by atoms with E-state index in [2.05, 4.69) is 26.3 Å². The molecular weight excluding hydrogens is 610 g/mol. The second kappa shape index (κ2) is 19.8. The summed E-state index contributed by atoms with van der Waals surface area (Å²) >= 11 is 0. The number of hydrogen-bond donors (Lipinski definition) is 7. The number of unbranched alkanes of at least 4 members (excludes halogenated alkanes) is 1. The zero-order valence-electron chi connectivity index (χ0n) is 27.7. The summed E-state index contributed by atoms with van der Waals surface area (Å²) in [5, 5.41) is 11.3. The summed E-state index contributed by atoms with van der Waals surface area (Å²) in [5.41, 5.74) is 13.9. The third-order valence-corrected chi connectivity index (χ3v) is 7.78. The standard InChI is InChI=1S/C36H49N7O5/c1-24(2)19-30(35(47)41-29(15-9-10-17-37)34(46)40-23-27-16-18-39-32(44)22-27)43-36(48)31(21-26-13-7-4-8-14-26)42-33(45)28(38)20-25-11-5-3-6-12-25/h3-8,11-14,16,18,22,24,28-31H,9-10,15,17,19-21,23,37-38H2,1-2H3,(H,39,44)(H,40,46)(H,41,47)(H,42,45)(H,43,48)/t28-,29-,30-,31-/m1/s1. The van der Waals surface area contributed by atoms with Gasteiger partial charge in [0.1, 0.15) is 18.1 Å². The first-order chi connectivity index (χ1) is 23.0. The third-order valence-electron chi connectivity index (χ3n) is 7.78. The van der Waals surface area contributed by atoms with Crippen LogP contribution in [0.3, 0.4) is 0 Å². The number of H-pyrrole nitrogens is 1. The molecule has 0 fully saturated rings. The van der Waals surface area contributed by atoms with E-state index in [-0.39, 0.29) is 24.4 Å². The molecule has 1 heterocycles. The fourth-order valence-corrected chi connectivity index (χ4v) is 5.22. The highest BCUT2D eigenvalue weighted by atomic mass is 16.2. The molecule has 3 aromatic rings. The number of rotatable bonds is 19. The van der Waals surface area contributed by atoms with Crippen molar-refractivity contribution in [3.05, 3.63) is 106 Å². The van der Waals surface area contributed by atoms with Gasteiger partial charge in [0.05, 0.1) is 6.04 Å². The van der Waals surface area contributed by atoms with Crippen LogP contribution in [0.25, 0.3) is 0 Å². The first-order valence-electron chi connectivity index (χ1n) is 16.5. The van der Waals surface area contributed by atoms with Crippen molar-refractivity contribution < 1.29 is 19.2 Å². The molecule has 0 aliphatic rings. The molecule has 12 nitrogen and oxygen atoms in total. The van der Waals surface area contributed by atoms with Gasteiger partial charge in [-0.15, -0.1) is 0 Å². The molecule has 2 aromatic carbocycles. The number of nitrogens with one attached hydrogen (secondary N) is 5. The molecular formula is C36H49N7O5. The zero-order chi connectivity index (χ0) is 34.9. The Balaban J connectivity index is 1.75. The molecule has 0 radical (unpaired) electrons. The van der Waals surface area contributed by atoms with Crippen LogP contribution in [0.4, 0.5) is 0 Å². The zero-order valence-corrected chi connectivity index (χ0v) is 27.7. The van der Waals surface area contributed by atoms with E-state index in [0.717, 1.165) is 11.1 Å². The summed E-state index contributed by atoms with van der Waals surface area (Å²) in [6, 6.07) is 17.9. The van der Waals surface area contributed by atoms with Crippen LogP contribution in [0, 0.1) is 5.92 Å². The first-order valence-corrected chi connectivity index (χ1v) is 16.5. The number of carbonyl (C=O) groups is 4. The maximum atomic E-state index is 13.8. The molecule has 1 aromatic heterocycles. The lowest BCUT2D eigenvalue weighted by Gasteiger charge is -2.27. The van der Waals surface area contributed by atoms with Crippen LogP contribution in [0.5, 0.6) is 0 Å². The van der Waals surface area contributed by atoms with E-state index in [4.69, 9.17) is 11.5 Å². The van der Waals surface area contributed by atoms with Crippen molar-refractivity contribution in [1.29, 1.82) is 0 Å². The number of carbonyl (C=O) groups excluding carboxylic acids is 4. The molecule has 9 N–H and O–H groups in total. The van der Waals surface area contributed by atoms with Gasteiger partial charge in [-0.25, -0.2) is 0 Å². The Morgan fingerprint density at radius 1 is 0.708 bits per heavy atom. The van der Waals surface area contributed by atoms with Crippen molar-refractivity contribution in [1.82, 2.24) is 26.3 Å². The molecule has 0 saturated heterocycles. The van der Waals surface area contributed by atoms with Crippen LogP contribution in [0.1, 0.15) is 56.2 Å². The lowest BCUT2D eigenvalue weighted by Crippen LogP contribution is -2.58. The number of pyridine rings is 1. The number of amides is 4. The van der Waals surface area contributed by atoms with Crippen LogP contribution in [0.15, 0.2) is 83.8 Å². The van der Waals surface area contributed by atoms with Crippen molar-refractivity contribution >= 4 is 23.6 Å². The molecule has 4 atom stereocenters. The predicted octanol–water partition coefficient (Wildman–Crippen LogP) is 1.43. The molecule has 0 aliphatic heterocycles. The van der Waals surface area contributed by atoms with E-state index in [9.17, 15) is 24.0 Å². The number of nitrogens with two attached hydrogens (primary N) is 2. The number of hydrogen-bond acceptors (Lipinski definition) is 7. The quantitative estimate of drug-likeness (QED) is 0.0944. The largest absolute Gasteiger partial charge is 0.350 e. The first kappa shape index (κ1) is 37.6. The van der Waals surface area contributed by atoms with E-state index in [1.54, 1.807) is 6.07 Å². The molecule has 48 heavy (non-hydrogen) atoms. The Morgan fingerprint density at radius 2 is 1.29 bits per heavy atom. The summed E-state index contributed by atoms with van der Waals surface area (Å²) in [6.45, 7) is 4.38. The summed E-state index contributed by atoms with van der Waals surface area (Å²) in [7, 11) is 0. The summed E-state index contributed by atoms with van der Waals surface area (Å²) in [4.78, 5) is 68.2. The van der Waals surface area contributed by atoms with E-state index in [1.165, 1.54) is 12.3 Å². The lowest BCUT2D eigenvalue weighted by molar-refractivity contribution is -0.134. The highest BCUT2D eigenvalue weighted by Gasteiger charge is 2.31. The highest BCUT2D eigenvalue weighted by molar-refractivity contribution is 5.95. The molecule has 12 heteroatoms. The van der Waals surface area contributed by atoms with Gasteiger partial charge in [0.15, 0.2) is 0 Å². The summed E-state index contributed by atoms with van der Waals surface area (Å²) < 4.78 is 0. The van der Waals surface area contributed by atoms with Crippen LogP contribution < -0.4 is 38.3 Å². The van der Waals surface area contributed by atoms with Gasteiger partial charge >= 0.3 is 0 Å². The SMILES string of the molecule is CC(C)C[C@@H](NC(=O)[C@@H](Cc1ccccc1)NC(=O)[C@H](N)Cc1ccccc1)C(=O)N[C@H](CCCCN)C(=O)NCc1cc[nH]c(=O)c1. The van der Waals surface area contributed by atoms with Crippen molar-refractivity contribution in [3.63, 3.8) is 0 Å². The summed E-state index contributed by atoms with van der Waals surface area (Å²) in [6.07, 6.45) is 3.84. The lowest BCUT2D eigenvalue weighted by atomic mass is 9.99. The molecule has 0 unspecified atom stereocenters. The van der Waals surface area contributed by atoms with Crippen LogP contribution >= 0.6 is 0 Å². The topological polar surface area (TPSA) is 201 Å². The van der Waals surface area contributed by atoms with E-state index in [0.29, 0.717) is 44.2 Å². The van der Waals surface area contributed by atoms with Crippen molar-refractivity contribution in [3.8, 4) is 0 Å². The average Bonchev–Trinajstić information content (AvgIpc) is 3.06. The van der Waals surface area contributed by atoms with Crippen molar-refractivity contribution in [2.75, 3.05) is 6.54 Å². The Labute approximate surface area is 281 Å². The second-order valence-corrected chi connectivity index (χ2v) is 12.4. The Bertz CT molecular complexity index is 1510. The molecule has 3 rings (SSSR count). The third kappa shape index (κ3) is 13.1.